The highest BCUT2D eigenvalue weighted by Crippen LogP contribution is 2.27. The van der Waals surface area contributed by atoms with Crippen molar-refractivity contribution < 1.29 is 9.13 Å². The highest BCUT2D eigenvalue weighted by Gasteiger charge is 2.29. The Labute approximate surface area is 145 Å². The fraction of sp³-hybridized carbons (Fsp3) is 0.333. The number of nitro benzene ring substituents is 1. The van der Waals surface area contributed by atoms with E-state index in [-0.39, 0.29) is 10.9 Å². The van der Waals surface area contributed by atoms with Crippen LogP contribution in [0.25, 0.3) is 0 Å². The molecule has 0 N–H and O–H groups in total. The SMILES string of the molecule is CC(C)S(=O)C[N+](C)(Cc1ccccc1)c1ccc([N+](=O)[O-])cc1. The van der Waals surface area contributed by atoms with E-state index >= 15 is 0 Å². The number of nitro groups is 1. The average Bonchev–Trinajstić information content (AvgIpc) is 2.55. The normalized spacial score (nSPS) is 15.0. The topological polar surface area (TPSA) is 60.2 Å². The van der Waals surface area contributed by atoms with Crippen molar-refractivity contribution in [2.75, 3.05) is 12.9 Å². The minimum Gasteiger partial charge on any atom is -0.279 e. The quantitative estimate of drug-likeness (QED) is 0.434. The summed E-state index contributed by atoms with van der Waals surface area (Å²) in [5.74, 6) is 0.463. The standard InChI is InChI=1S/C18H23N2O3S/c1-15(2)24(23)14-20(3,13-16-7-5-4-6-8-16)18-11-9-17(10-12-18)19(21)22/h4-12,15H,13-14H2,1-3H3/q+1. The predicted molar refractivity (Wildman–Crippen MR) is 99.1 cm³/mol. The lowest BCUT2D eigenvalue weighted by molar-refractivity contribution is -0.384. The van der Waals surface area contributed by atoms with Gasteiger partial charge in [0.1, 0.15) is 12.2 Å². The van der Waals surface area contributed by atoms with Crippen molar-refractivity contribution in [3.8, 4) is 0 Å². The van der Waals surface area contributed by atoms with E-state index in [1.54, 1.807) is 12.1 Å². The second kappa shape index (κ2) is 7.68. The molecule has 0 heterocycles. The summed E-state index contributed by atoms with van der Waals surface area (Å²) in [7, 11) is 1.03. The molecule has 0 amide bonds. The second-order valence-corrected chi connectivity index (χ2v) is 8.33. The number of rotatable bonds is 7. The zero-order chi connectivity index (χ0) is 17.7. The molecule has 0 bridgehead atoms. The minimum atomic E-state index is -0.991. The van der Waals surface area contributed by atoms with Gasteiger partial charge in [0.15, 0.2) is 5.88 Å². The Morgan fingerprint density at radius 2 is 1.67 bits per heavy atom. The third-order valence-electron chi connectivity index (χ3n) is 4.00. The van der Waals surface area contributed by atoms with E-state index < -0.39 is 15.7 Å². The summed E-state index contributed by atoms with van der Waals surface area (Å²) in [6, 6.07) is 16.6. The number of hydrogen-bond donors (Lipinski definition) is 0. The van der Waals surface area contributed by atoms with Crippen molar-refractivity contribution in [3.05, 3.63) is 70.3 Å². The molecule has 0 aliphatic rings. The number of non-ortho nitro benzene ring substituents is 1. The van der Waals surface area contributed by atoms with Gasteiger partial charge in [0.25, 0.3) is 5.69 Å². The number of nitrogens with zero attached hydrogens (tertiary/aromatic N) is 2. The minimum absolute atomic E-state index is 0.0648. The van der Waals surface area contributed by atoms with Gasteiger partial charge in [-0.05, 0) is 0 Å². The maximum atomic E-state index is 12.5. The van der Waals surface area contributed by atoms with Crippen LogP contribution in [0.2, 0.25) is 0 Å². The summed E-state index contributed by atoms with van der Waals surface area (Å²) >= 11 is 0. The molecule has 2 aromatic carbocycles. The fourth-order valence-electron chi connectivity index (χ4n) is 2.56. The van der Waals surface area contributed by atoms with E-state index in [0.717, 1.165) is 11.3 Å². The fourth-order valence-corrected chi connectivity index (χ4v) is 3.66. The Bertz CT molecular complexity index is 717. The molecular formula is C18H23N2O3S+. The van der Waals surface area contributed by atoms with E-state index in [0.29, 0.717) is 16.9 Å². The van der Waals surface area contributed by atoms with Crippen molar-refractivity contribution in [3.63, 3.8) is 0 Å². The van der Waals surface area contributed by atoms with Crippen LogP contribution in [0.15, 0.2) is 54.6 Å². The van der Waals surface area contributed by atoms with Crippen LogP contribution >= 0.6 is 0 Å². The number of quaternary nitrogens is 1. The van der Waals surface area contributed by atoms with Crippen LogP contribution in [0, 0.1) is 10.1 Å². The van der Waals surface area contributed by atoms with Crippen molar-refractivity contribution in [2.24, 2.45) is 0 Å². The molecule has 2 unspecified atom stereocenters. The smallest absolute Gasteiger partial charge is 0.269 e. The summed E-state index contributed by atoms with van der Waals surface area (Å²) in [5.41, 5.74) is 2.12. The maximum Gasteiger partial charge on any atom is 0.269 e. The molecule has 0 saturated heterocycles. The van der Waals surface area contributed by atoms with Crippen LogP contribution in [0.1, 0.15) is 19.4 Å². The molecular weight excluding hydrogens is 324 g/mol. The summed E-state index contributed by atoms with van der Waals surface area (Å²) in [4.78, 5) is 10.5. The lowest BCUT2D eigenvalue weighted by Gasteiger charge is -2.34. The lowest BCUT2D eigenvalue weighted by Crippen LogP contribution is -2.47. The Morgan fingerprint density at radius 1 is 1.08 bits per heavy atom. The first-order valence-corrected chi connectivity index (χ1v) is 9.21. The molecule has 2 rings (SSSR count). The maximum absolute atomic E-state index is 12.5. The van der Waals surface area contributed by atoms with E-state index in [1.807, 2.05) is 51.2 Å². The zero-order valence-electron chi connectivity index (χ0n) is 14.2. The van der Waals surface area contributed by atoms with Gasteiger partial charge in [-0.1, -0.05) is 44.2 Å². The van der Waals surface area contributed by atoms with E-state index in [9.17, 15) is 14.3 Å². The molecule has 6 heteroatoms. The summed E-state index contributed by atoms with van der Waals surface area (Å²) in [6.45, 7) is 4.56. The molecule has 0 fully saturated rings. The first-order valence-electron chi connectivity index (χ1n) is 7.82. The van der Waals surface area contributed by atoms with Gasteiger partial charge in [0.05, 0.1) is 22.8 Å². The van der Waals surface area contributed by atoms with Gasteiger partial charge in [-0.15, -0.1) is 0 Å². The van der Waals surface area contributed by atoms with Gasteiger partial charge < -0.3 is 0 Å². The molecule has 0 aliphatic carbocycles. The predicted octanol–water partition coefficient (Wildman–Crippen LogP) is 3.85. The van der Waals surface area contributed by atoms with Crippen molar-refractivity contribution >= 4 is 22.2 Å². The Balaban J connectivity index is 2.37. The Morgan fingerprint density at radius 3 is 2.17 bits per heavy atom. The Hall–Kier alpha value is -2.05. The van der Waals surface area contributed by atoms with E-state index in [1.165, 1.54) is 12.1 Å². The van der Waals surface area contributed by atoms with Crippen LogP contribution in [-0.4, -0.2) is 27.3 Å². The van der Waals surface area contributed by atoms with Crippen LogP contribution in [-0.2, 0) is 17.3 Å². The molecule has 5 nitrogen and oxygen atoms in total. The van der Waals surface area contributed by atoms with Crippen LogP contribution < -0.4 is 4.48 Å². The van der Waals surface area contributed by atoms with Gasteiger partial charge in [0, 0.05) is 35.1 Å². The molecule has 0 aliphatic heterocycles. The number of hydrogen-bond acceptors (Lipinski definition) is 3. The van der Waals surface area contributed by atoms with Gasteiger partial charge in [-0.25, -0.2) is 0 Å². The van der Waals surface area contributed by atoms with Crippen molar-refractivity contribution in [2.45, 2.75) is 25.6 Å². The highest BCUT2D eigenvalue weighted by molar-refractivity contribution is 7.85. The molecule has 2 aromatic rings. The first kappa shape index (κ1) is 18.3. The Kier molecular flexibility index (Phi) is 5.85. The summed E-state index contributed by atoms with van der Waals surface area (Å²) < 4.78 is 12.9. The van der Waals surface area contributed by atoms with Crippen molar-refractivity contribution in [1.29, 1.82) is 0 Å². The molecule has 0 radical (unpaired) electrons. The highest BCUT2D eigenvalue weighted by atomic mass is 32.2. The third-order valence-corrected chi connectivity index (χ3v) is 5.87. The van der Waals surface area contributed by atoms with Crippen LogP contribution in [0.4, 0.5) is 11.4 Å². The molecule has 24 heavy (non-hydrogen) atoms. The monoisotopic (exact) mass is 347 g/mol. The molecule has 0 spiro atoms. The number of benzene rings is 2. The van der Waals surface area contributed by atoms with Gasteiger partial charge >= 0.3 is 0 Å². The van der Waals surface area contributed by atoms with E-state index in [4.69, 9.17) is 0 Å². The molecule has 0 saturated carbocycles. The summed E-state index contributed by atoms with van der Waals surface area (Å²) in [5, 5.41) is 10.9. The zero-order valence-corrected chi connectivity index (χ0v) is 15.0. The third kappa shape index (κ3) is 4.49. The largest absolute Gasteiger partial charge is 0.279 e. The van der Waals surface area contributed by atoms with Crippen LogP contribution in [0.5, 0.6) is 0 Å². The van der Waals surface area contributed by atoms with Crippen molar-refractivity contribution in [1.82, 2.24) is 4.48 Å². The average molecular weight is 347 g/mol. The van der Waals surface area contributed by atoms with Gasteiger partial charge in [-0.3, -0.25) is 18.8 Å². The molecule has 2 atom stereocenters. The summed E-state index contributed by atoms with van der Waals surface area (Å²) in [6.07, 6.45) is 0. The molecule has 128 valence electrons. The van der Waals surface area contributed by atoms with E-state index in [2.05, 4.69) is 0 Å². The van der Waals surface area contributed by atoms with Gasteiger partial charge in [-0.2, -0.15) is 0 Å². The molecule has 0 aromatic heterocycles. The first-order chi connectivity index (χ1) is 11.3. The second-order valence-electron chi connectivity index (χ2n) is 6.37. The van der Waals surface area contributed by atoms with Crippen LogP contribution in [0.3, 0.4) is 0 Å². The lowest BCUT2D eigenvalue weighted by atomic mass is 10.1. The van der Waals surface area contributed by atoms with Gasteiger partial charge in [0.2, 0.25) is 0 Å².